The Bertz CT molecular complexity index is 589. The minimum Gasteiger partial charge on any atom is -0.486 e. The van der Waals surface area contributed by atoms with Crippen molar-refractivity contribution in [3.05, 3.63) is 48.0 Å². The van der Waals surface area contributed by atoms with Gasteiger partial charge in [0.2, 0.25) is 0 Å². The van der Waals surface area contributed by atoms with Crippen LogP contribution in [0.5, 0.6) is 11.5 Å². The number of nitrogens with one attached hydrogen (secondary N) is 1. The smallest absolute Gasteiger partial charge is 0.161 e. The number of hydrogen-bond donors (Lipinski definition) is 1. The Labute approximate surface area is 124 Å². The Balaban J connectivity index is 1.92. The lowest BCUT2D eigenvalue weighted by Crippen LogP contribution is -2.25. The molecule has 2 heterocycles. The van der Waals surface area contributed by atoms with Gasteiger partial charge in [0.1, 0.15) is 19.0 Å². The summed E-state index contributed by atoms with van der Waals surface area (Å²) in [5.41, 5.74) is 1.08. The fraction of sp³-hybridized carbons (Fsp3) is 0.375. The first-order chi connectivity index (χ1) is 10.4. The first-order valence-electron chi connectivity index (χ1n) is 7.28. The van der Waals surface area contributed by atoms with E-state index in [-0.39, 0.29) is 6.04 Å². The van der Waals surface area contributed by atoms with Gasteiger partial charge in [0, 0.05) is 12.4 Å². The molecule has 0 amide bonds. The number of nitrogens with zero attached hydrogens (tertiary/aromatic N) is 2. The van der Waals surface area contributed by atoms with Crippen molar-refractivity contribution in [1.29, 1.82) is 0 Å². The second-order valence-corrected chi connectivity index (χ2v) is 4.90. The Morgan fingerprint density at radius 2 is 1.90 bits per heavy atom. The van der Waals surface area contributed by atoms with Crippen LogP contribution in [-0.4, -0.2) is 29.7 Å². The fourth-order valence-corrected chi connectivity index (χ4v) is 2.35. The molecule has 0 spiro atoms. The monoisotopic (exact) mass is 285 g/mol. The minimum absolute atomic E-state index is 0.0398. The van der Waals surface area contributed by atoms with E-state index in [1.54, 1.807) is 12.4 Å². The molecule has 2 aromatic rings. The Morgan fingerprint density at radius 1 is 1.14 bits per heavy atom. The maximum atomic E-state index is 5.66. The zero-order valence-corrected chi connectivity index (χ0v) is 12.1. The van der Waals surface area contributed by atoms with Gasteiger partial charge in [-0.1, -0.05) is 13.0 Å². The number of benzene rings is 1. The number of fused-ring (bicyclic) bond motifs is 1. The first kappa shape index (κ1) is 13.8. The largest absolute Gasteiger partial charge is 0.486 e. The molecule has 5 heteroatoms. The summed E-state index contributed by atoms with van der Waals surface area (Å²) < 4.78 is 11.2. The molecule has 1 N–H and O–H groups in total. The molecule has 0 aliphatic carbocycles. The number of hydrogen-bond acceptors (Lipinski definition) is 5. The Kier molecular flexibility index (Phi) is 4.31. The predicted octanol–water partition coefficient (Wildman–Crippen LogP) is 2.34. The minimum atomic E-state index is -0.0398. The van der Waals surface area contributed by atoms with Crippen molar-refractivity contribution in [1.82, 2.24) is 15.3 Å². The molecule has 1 aromatic carbocycles. The normalized spacial score (nSPS) is 14.7. The van der Waals surface area contributed by atoms with Crippen LogP contribution in [0.25, 0.3) is 0 Å². The van der Waals surface area contributed by atoms with E-state index in [1.807, 2.05) is 24.3 Å². The SMILES string of the molecule is CCCNC(c1ccc2c(c1)OCCO2)c1ncccn1. The van der Waals surface area contributed by atoms with Crippen molar-refractivity contribution in [3.8, 4) is 11.5 Å². The van der Waals surface area contributed by atoms with E-state index in [1.165, 1.54) is 0 Å². The second-order valence-electron chi connectivity index (χ2n) is 4.90. The van der Waals surface area contributed by atoms with Crippen molar-refractivity contribution in [2.24, 2.45) is 0 Å². The van der Waals surface area contributed by atoms with E-state index < -0.39 is 0 Å². The van der Waals surface area contributed by atoms with Crippen LogP contribution in [0.1, 0.15) is 30.8 Å². The van der Waals surface area contributed by atoms with Gasteiger partial charge in [-0.25, -0.2) is 9.97 Å². The van der Waals surface area contributed by atoms with Gasteiger partial charge in [-0.05, 0) is 36.7 Å². The van der Waals surface area contributed by atoms with E-state index in [9.17, 15) is 0 Å². The van der Waals surface area contributed by atoms with E-state index in [0.29, 0.717) is 13.2 Å². The number of ether oxygens (including phenoxy) is 2. The molecule has 110 valence electrons. The van der Waals surface area contributed by atoms with Gasteiger partial charge in [0.25, 0.3) is 0 Å². The van der Waals surface area contributed by atoms with Crippen molar-refractivity contribution in [2.45, 2.75) is 19.4 Å². The van der Waals surface area contributed by atoms with Gasteiger partial charge in [-0.15, -0.1) is 0 Å². The van der Waals surface area contributed by atoms with Crippen LogP contribution in [0.3, 0.4) is 0 Å². The van der Waals surface area contributed by atoms with Gasteiger partial charge in [0.05, 0.1) is 6.04 Å². The van der Waals surface area contributed by atoms with Gasteiger partial charge in [-0.2, -0.15) is 0 Å². The number of aromatic nitrogens is 2. The predicted molar refractivity (Wildman–Crippen MR) is 79.6 cm³/mol. The summed E-state index contributed by atoms with van der Waals surface area (Å²) >= 11 is 0. The van der Waals surface area contributed by atoms with E-state index >= 15 is 0 Å². The topological polar surface area (TPSA) is 56.3 Å². The average Bonchev–Trinajstić information content (AvgIpc) is 2.56. The van der Waals surface area contributed by atoms with E-state index in [4.69, 9.17) is 9.47 Å². The highest BCUT2D eigenvalue weighted by Crippen LogP contribution is 2.33. The van der Waals surface area contributed by atoms with Crippen LogP contribution in [0.15, 0.2) is 36.7 Å². The Morgan fingerprint density at radius 3 is 2.67 bits per heavy atom. The summed E-state index contributed by atoms with van der Waals surface area (Å²) in [7, 11) is 0. The molecule has 5 nitrogen and oxygen atoms in total. The lowest BCUT2D eigenvalue weighted by molar-refractivity contribution is 0.171. The molecule has 0 radical (unpaired) electrons. The maximum absolute atomic E-state index is 5.66. The number of rotatable bonds is 5. The molecule has 21 heavy (non-hydrogen) atoms. The lowest BCUT2D eigenvalue weighted by atomic mass is 10.0. The average molecular weight is 285 g/mol. The van der Waals surface area contributed by atoms with Gasteiger partial charge in [-0.3, -0.25) is 0 Å². The molecule has 1 aliphatic rings. The summed E-state index contributed by atoms with van der Waals surface area (Å²) in [4.78, 5) is 8.75. The molecule has 1 aliphatic heterocycles. The molecular formula is C16H19N3O2. The van der Waals surface area contributed by atoms with Crippen molar-refractivity contribution in [3.63, 3.8) is 0 Å². The molecular weight excluding hydrogens is 266 g/mol. The van der Waals surface area contributed by atoms with E-state index in [0.717, 1.165) is 35.9 Å². The summed E-state index contributed by atoms with van der Waals surface area (Å²) in [5.74, 6) is 2.36. The third-order valence-electron chi connectivity index (χ3n) is 3.34. The zero-order valence-electron chi connectivity index (χ0n) is 12.1. The first-order valence-corrected chi connectivity index (χ1v) is 7.28. The third kappa shape index (κ3) is 3.13. The van der Waals surface area contributed by atoms with Crippen molar-refractivity contribution in [2.75, 3.05) is 19.8 Å². The highest BCUT2D eigenvalue weighted by atomic mass is 16.6. The summed E-state index contributed by atoms with van der Waals surface area (Å²) in [6.07, 6.45) is 4.58. The van der Waals surface area contributed by atoms with Crippen LogP contribution in [0.2, 0.25) is 0 Å². The molecule has 1 atom stereocenters. The van der Waals surface area contributed by atoms with Crippen LogP contribution in [-0.2, 0) is 0 Å². The van der Waals surface area contributed by atoms with E-state index in [2.05, 4.69) is 22.2 Å². The van der Waals surface area contributed by atoms with Crippen LogP contribution in [0, 0.1) is 0 Å². The summed E-state index contributed by atoms with van der Waals surface area (Å²) in [6, 6.07) is 7.79. The van der Waals surface area contributed by atoms with Crippen molar-refractivity contribution < 1.29 is 9.47 Å². The van der Waals surface area contributed by atoms with Crippen LogP contribution >= 0.6 is 0 Å². The Hall–Kier alpha value is -2.14. The van der Waals surface area contributed by atoms with Crippen LogP contribution in [0.4, 0.5) is 0 Å². The molecule has 0 bridgehead atoms. The molecule has 0 saturated carbocycles. The highest BCUT2D eigenvalue weighted by Gasteiger charge is 2.19. The second kappa shape index (κ2) is 6.54. The maximum Gasteiger partial charge on any atom is 0.161 e. The standard InChI is InChI=1S/C16H19N3O2/c1-2-6-17-15(16-18-7-3-8-19-16)12-4-5-13-14(11-12)21-10-9-20-13/h3-5,7-8,11,15,17H,2,6,9-10H2,1H3. The fourth-order valence-electron chi connectivity index (χ4n) is 2.35. The zero-order chi connectivity index (χ0) is 14.5. The molecule has 0 fully saturated rings. The lowest BCUT2D eigenvalue weighted by Gasteiger charge is -2.22. The van der Waals surface area contributed by atoms with Crippen molar-refractivity contribution >= 4 is 0 Å². The van der Waals surface area contributed by atoms with Gasteiger partial charge < -0.3 is 14.8 Å². The van der Waals surface area contributed by atoms with Gasteiger partial charge in [0.15, 0.2) is 11.5 Å². The third-order valence-corrected chi connectivity index (χ3v) is 3.34. The quantitative estimate of drug-likeness (QED) is 0.913. The van der Waals surface area contributed by atoms with Gasteiger partial charge >= 0.3 is 0 Å². The summed E-state index contributed by atoms with van der Waals surface area (Å²) in [6.45, 7) is 4.23. The molecule has 1 aromatic heterocycles. The highest BCUT2D eigenvalue weighted by molar-refractivity contribution is 5.45. The molecule has 0 saturated heterocycles. The summed E-state index contributed by atoms with van der Waals surface area (Å²) in [5, 5.41) is 3.49. The molecule has 1 unspecified atom stereocenters. The molecule has 3 rings (SSSR count). The van der Waals surface area contributed by atoms with Crippen LogP contribution < -0.4 is 14.8 Å².